The zero-order chi connectivity index (χ0) is 24.0. The third-order valence-corrected chi connectivity index (χ3v) is 5.75. The molecule has 0 fully saturated rings. The van der Waals surface area contributed by atoms with E-state index in [1.54, 1.807) is 44.3 Å². The Morgan fingerprint density at radius 3 is 2.58 bits per heavy atom. The Bertz CT molecular complexity index is 1090. The Labute approximate surface area is 198 Å². The molecule has 1 unspecified atom stereocenters. The topological polar surface area (TPSA) is 91.7 Å². The van der Waals surface area contributed by atoms with Crippen molar-refractivity contribution < 1.29 is 23.8 Å². The van der Waals surface area contributed by atoms with Gasteiger partial charge in [0.25, 0.3) is 0 Å². The van der Waals surface area contributed by atoms with Gasteiger partial charge in [0.1, 0.15) is 5.82 Å². The summed E-state index contributed by atoms with van der Waals surface area (Å²) in [6, 6.07) is 7.10. The second kappa shape index (κ2) is 11.2. The number of nitrogens with zero attached hydrogens (tertiary/aromatic N) is 2. The van der Waals surface area contributed by atoms with Gasteiger partial charge in [0, 0.05) is 29.7 Å². The molecule has 8 nitrogen and oxygen atoms in total. The predicted molar refractivity (Wildman–Crippen MR) is 123 cm³/mol. The number of methoxy groups -OCH3 is 1. The molecule has 1 atom stereocenters. The van der Waals surface area contributed by atoms with Gasteiger partial charge in [-0.1, -0.05) is 29.8 Å². The summed E-state index contributed by atoms with van der Waals surface area (Å²) in [5.74, 6) is -0.975. The fraction of sp³-hybridized carbons (Fsp3) is 0.375. The summed E-state index contributed by atoms with van der Waals surface area (Å²) in [6.07, 6.45) is 3.61. The van der Waals surface area contributed by atoms with Crippen LogP contribution in [0.1, 0.15) is 31.2 Å². The van der Waals surface area contributed by atoms with Crippen LogP contribution in [0.15, 0.2) is 59.2 Å². The van der Waals surface area contributed by atoms with Crippen LogP contribution in [-0.4, -0.2) is 48.4 Å². The second-order valence-corrected chi connectivity index (χ2v) is 7.85. The van der Waals surface area contributed by atoms with Crippen molar-refractivity contribution >= 4 is 23.5 Å². The number of ether oxygens (including phenoxy) is 3. The quantitative estimate of drug-likeness (QED) is 0.440. The first-order valence-electron chi connectivity index (χ1n) is 10.6. The third-order valence-electron chi connectivity index (χ3n) is 5.41. The highest BCUT2D eigenvalue weighted by atomic mass is 35.5. The van der Waals surface area contributed by atoms with Gasteiger partial charge in [-0.05, 0) is 32.4 Å². The number of allylic oxidation sites excluding steroid dienone is 1. The summed E-state index contributed by atoms with van der Waals surface area (Å²) in [5.41, 5.74) is 2.26. The first-order chi connectivity index (χ1) is 15.9. The molecule has 0 bridgehead atoms. The predicted octanol–water partition coefficient (Wildman–Crippen LogP) is 3.51. The minimum atomic E-state index is -0.763. The fourth-order valence-corrected chi connectivity index (χ4v) is 4.08. The number of aromatic nitrogens is 2. The number of benzene rings is 1. The summed E-state index contributed by atoms with van der Waals surface area (Å²) < 4.78 is 18.3. The molecular weight excluding hydrogens is 446 g/mol. The number of dihydropyridines is 1. The van der Waals surface area contributed by atoms with Crippen LogP contribution in [-0.2, 0) is 30.3 Å². The van der Waals surface area contributed by atoms with Gasteiger partial charge in [-0.25, -0.2) is 14.6 Å². The molecular formula is C24H28ClN3O5. The molecule has 2 aromatic rings. The van der Waals surface area contributed by atoms with Gasteiger partial charge in [-0.2, -0.15) is 0 Å². The van der Waals surface area contributed by atoms with Crippen LogP contribution in [0.5, 0.6) is 0 Å². The molecule has 9 heteroatoms. The lowest BCUT2D eigenvalue weighted by atomic mass is 9.80. The maximum Gasteiger partial charge on any atom is 0.336 e. The molecule has 0 saturated heterocycles. The Hall–Kier alpha value is -3.10. The number of esters is 2. The van der Waals surface area contributed by atoms with Gasteiger partial charge >= 0.3 is 11.9 Å². The highest BCUT2D eigenvalue weighted by Crippen LogP contribution is 2.41. The summed E-state index contributed by atoms with van der Waals surface area (Å²) in [6.45, 7) is 6.72. The molecule has 176 valence electrons. The number of aryl methyl sites for hydroxylation is 1. The van der Waals surface area contributed by atoms with E-state index in [0.29, 0.717) is 40.7 Å². The van der Waals surface area contributed by atoms with Gasteiger partial charge in [0.15, 0.2) is 0 Å². The van der Waals surface area contributed by atoms with Crippen LogP contribution in [0, 0.1) is 6.92 Å². The first kappa shape index (κ1) is 24.5. The van der Waals surface area contributed by atoms with Crippen molar-refractivity contribution in [2.24, 2.45) is 0 Å². The standard InChI is InChI=1S/C24H28ClN3O5/c1-5-33-24(30)22-19(14-32-13-12-28-11-10-26-16(28)3)27-15(2)20(23(29)31-4)21(22)17-8-6-7-9-18(17)25/h6-11,21,27H,5,12-14H2,1-4H3. The largest absolute Gasteiger partial charge is 0.466 e. The molecule has 0 saturated carbocycles. The van der Waals surface area contributed by atoms with Crippen LogP contribution in [0.2, 0.25) is 5.02 Å². The van der Waals surface area contributed by atoms with Gasteiger partial charge in [-0.15, -0.1) is 0 Å². The number of carbonyl (C=O) groups is 2. The van der Waals surface area contributed by atoms with Crippen LogP contribution in [0.25, 0.3) is 0 Å². The van der Waals surface area contributed by atoms with E-state index in [2.05, 4.69) is 10.3 Å². The minimum absolute atomic E-state index is 0.120. The smallest absolute Gasteiger partial charge is 0.336 e. The number of hydrogen-bond acceptors (Lipinski definition) is 7. The van der Waals surface area contributed by atoms with Gasteiger partial charge in [-0.3, -0.25) is 0 Å². The molecule has 1 aliphatic heterocycles. The molecule has 33 heavy (non-hydrogen) atoms. The number of imidazole rings is 1. The van der Waals surface area contributed by atoms with Crippen molar-refractivity contribution in [2.75, 3.05) is 26.9 Å². The van der Waals surface area contributed by atoms with Crippen molar-refractivity contribution in [1.82, 2.24) is 14.9 Å². The van der Waals surface area contributed by atoms with Crippen molar-refractivity contribution in [3.05, 3.63) is 75.6 Å². The molecule has 1 aliphatic rings. The average Bonchev–Trinajstić information content (AvgIpc) is 3.20. The molecule has 1 aromatic carbocycles. The normalized spacial score (nSPS) is 16.0. The molecule has 0 amide bonds. The molecule has 1 aromatic heterocycles. The average molecular weight is 474 g/mol. The van der Waals surface area contributed by atoms with E-state index in [0.717, 1.165) is 5.82 Å². The monoisotopic (exact) mass is 473 g/mol. The Morgan fingerprint density at radius 1 is 1.18 bits per heavy atom. The second-order valence-electron chi connectivity index (χ2n) is 7.44. The van der Waals surface area contributed by atoms with Crippen LogP contribution >= 0.6 is 11.6 Å². The van der Waals surface area contributed by atoms with E-state index in [1.165, 1.54) is 7.11 Å². The lowest BCUT2D eigenvalue weighted by Gasteiger charge is -2.31. The molecule has 0 aliphatic carbocycles. The summed E-state index contributed by atoms with van der Waals surface area (Å²) in [4.78, 5) is 30.1. The van der Waals surface area contributed by atoms with Gasteiger partial charge in [0.05, 0.1) is 49.7 Å². The summed E-state index contributed by atoms with van der Waals surface area (Å²) in [5, 5.41) is 3.59. The maximum absolute atomic E-state index is 13.1. The molecule has 0 radical (unpaired) electrons. The van der Waals surface area contributed by atoms with Gasteiger partial charge in [0.2, 0.25) is 0 Å². The van der Waals surface area contributed by atoms with Gasteiger partial charge < -0.3 is 24.1 Å². The Morgan fingerprint density at radius 2 is 1.94 bits per heavy atom. The molecule has 2 heterocycles. The zero-order valence-corrected chi connectivity index (χ0v) is 19.9. The third kappa shape index (κ3) is 5.46. The Balaban J connectivity index is 1.99. The van der Waals surface area contributed by atoms with E-state index in [9.17, 15) is 9.59 Å². The highest BCUT2D eigenvalue weighted by molar-refractivity contribution is 6.31. The maximum atomic E-state index is 13.1. The minimum Gasteiger partial charge on any atom is -0.466 e. The SMILES string of the molecule is CCOC(=O)C1=C(COCCn2ccnc2C)NC(C)=C(C(=O)OC)C1c1ccccc1Cl. The van der Waals surface area contributed by atoms with E-state index in [-0.39, 0.29) is 18.8 Å². The Kier molecular flexibility index (Phi) is 8.30. The number of nitrogens with one attached hydrogen (secondary N) is 1. The van der Waals surface area contributed by atoms with Crippen molar-refractivity contribution in [2.45, 2.75) is 33.2 Å². The zero-order valence-electron chi connectivity index (χ0n) is 19.2. The first-order valence-corrected chi connectivity index (χ1v) is 11.0. The van der Waals surface area contributed by atoms with Crippen LogP contribution < -0.4 is 5.32 Å². The van der Waals surface area contributed by atoms with Crippen molar-refractivity contribution in [3.63, 3.8) is 0 Å². The molecule has 0 spiro atoms. The fourth-order valence-electron chi connectivity index (χ4n) is 3.84. The highest BCUT2D eigenvalue weighted by Gasteiger charge is 2.39. The lowest BCUT2D eigenvalue weighted by molar-refractivity contribution is -0.139. The van der Waals surface area contributed by atoms with E-state index in [1.807, 2.05) is 17.7 Å². The summed E-state index contributed by atoms with van der Waals surface area (Å²) >= 11 is 6.50. The number of rotatable bonds is 9. The van der Waals surface area contributed by atoms with Crippen LogP contribution in [0.3, 0.4) is 0 Å². The van der Waals surface area contributed by atoms with Crippen molar-refractivity contribution in [3.8, 4) is 0 Å². The van der Waals surface area contributed by atoms with Crippen LogP contribution in [0.4, 0.5) is 0 Å². The van der Waals surface area contributed by atoms with E-state index >= 15 is 0 Å². The van der Waals surface area contributed by atoms with Crippen molar-refractivity contribution in [1.29, 1.82) is 0 Å². The lowest BCUT2D eigenvalue weighted by Crippen LogP contribution is -2.35. The number of carbonyl (C=O) groups excluding carboxylic acids is 2. The van der Waals surface area contributed by atoms with E-state index in [4.69, 9.17) is 25.8 Å². The molecule has 3 rings (SSSR count). The number of halogens is 1. The molecule has 1 N–H and O–H groups in total. The van der Waals surface area contributed by atoms with E-state index < -0.39 is 17.9 Å². The number of hydrogen-bond donors (Lipinski definition) is 1. The summed E-state index contributed by atoms with van der Waals surface area (Å²) in [7, 11) is 1.30.